The molecule has 26 heavy (non-hydrogen) atoms. The number of hydrogen-bond donors (Lipinski definition) is 1. The van der Waals surface area contributed by atoms with Gasteiger partial charge < -0.3 is 15.1 Å². The normalized spacial score (nSPS) is 18.7. The summed E-state index contributed by atoms with van der Waals surface area (Å²) in [6, 6.07) is 5.85. The van der Waals surface area contributed by atoms with E-state index in [-0.39, 0.29) is 11.9 Å². The molecule has 1 aromatic carbocycles. The molecular formula is C19H26ClN3O2S. The molecule has 0 radical (unpaired) electrons. The lowest BCUT2D eigenvalue weighted by Gasteiger charge is -2.36. The molecule has 5 nitrogen and oxygen atoms in total. The first-order valence-corrected chi connectivity index (χ1v) is 10.9. The van der Waals surface area contributed by atoms with Gasteiger partial charge in [-0.15, -0.1) is 11.8 Å². The standard InChI is InChI=1S/C19H26ClN3O2S/c1-26-15-7-8-17(20)16(13-15)18(24)22-9-11-23(12-10-22)19(25)21-14-5-3-2-4-6-14/h7-8,13-14H,2-6,9-12H2,1H3,(H,21,25). The predicted octanol–water partition coefficient (Wildman–Crippen LogP) is 3.86. The van der Waals surface area contributed by atoms with Crippen molar-refractivity contribution in [2.24, 2.45) is 0 Å². The first-order valence-electron chi connectivity index (χ1n) is 9.26. The Bertz CT molecular complexity index is 656. The van der Waals surface area contributed by atoms with Crippen LogP contribution in [0.2, 0.25) is 5.02 Å². The SMILES string of the molecule is CSc1ccc(Cl)c(C(=O)N2CCN(C(=O)NC3CCCCC3)CC2)c1. The van der Waals surface area contributed by atoms with Crippen molar-refractivity contribution < 1.29 is 9.59 Å². The molecule has 2 fully saturated rings. The molecule has 7 heteroatoms. The van der Waals surface area contributed by atoms with E-state index in [1.54, 1.807) is 22.7 Å². The van der Waals surface area contributed by atoms with Gasteiger partial charge in [-0.05, 0) is 37.3 Å². The summed E-state index contributed by atoms with van der Waals surface area (Å²) in [6.45, 7) is 2.20. The smallest absolute Gasteiger partial charge is 0.317 e. The molecule has 0 bridgehead atoms. The van der Waals surface area contributed by atoms with E-state index in [0.717, 1.165) is 17.7 Å². The summed E-state index contributed by atoms with van der Waals surface area (Å²) in [6.07, 6.45) is 7.80. The zero-order chi connectivity index (χ0) is 18.5. The Morgan fingerprint density at radius 3 is 2.38 bits per heavy atom. The lowest BCUT2D eigenvalue weighted by atomic mass is 9.96. The summed E-state index contributed by atoms with van der Waals surface area (Å²) in [4.78, 5) is 29.9. The number of benzene rings is 1. The second-order valence-electron chi connectivity index (χ2n) is 6.91. The summed E-state index contributed by atoms with van der Waals surface area (Å²) < 4.78 is 0. The van der Waals surface area contributed by atoms with Gasteiger partial charge in [0.2, 0.25) is 0 Å². The van der Waals surface area contributed by atoms with Crippen molar-refractivity contribution in [2.45, 2.75) is 43.0 Å². The maximum atomic E-state index is 12.8. The van der Waals surface area contributed by atoms with Gasteiger partial charge in [0.25, 0.3) is 5.91 Å². The van der Waals surface area contributed by atoms with Crippen LogP contribution in [0, 0.1) is 0 Å². The van der Waals surface area contributed by atoms with Gasteiger partial charge in [-0.1, -0.05) is 30.9 Å². The predicted molar refractivity (Wildman–Crippen MR) is 106 cm³/mol. The van der Waals surface area contributed by atoms with Gasteiger partial charge in [-0.2, -0.15) is 0 Å². The maximum absolute atomic E-state index is 12.8. The average molecular weight is 396 g/mol. The number of carbonyl (C=O) groups excluding carboxylic acids is 2. The van der Waals surface area contributed by atoms with Gasteiger partial charge in [0.15, 0.2) is 0 Å². The molecule has 0 aromatic heterocycles. The molecule has 1 aliphatic heterocycles. The third kappa shape index (κ3) is 4.65. The maximum Gasteiger partial charge on any atom is 0.317 e. The number of thioether (sulfide) groups is 1. The fourth-order valence-electron chi connectivity index (χ4n) is 3.59. The van der Waals surface area contributed by atoms with Crippen LogP contribution in [0.5, 0.6) is 0 Å². The number of halogens is 1. The van der Waals surface area contributed by atoms with Crippen LogP contribution in [0.1, 0.15) is 42.5 Å². The van der Waals surface area contributed by atoms with Crippen LogP contribution in [0.4, 0.5) is 4.79 Å². The van der Waals surface area contributed by atoms with Gasteiger partial charge >= 0.3 is 6.03 Å². The number of nitrogens with zero attached hydrogens (tertiary/aromatic N) is 2. The third-order valence-corrected chi connectivity index (χ3v) is 6.25. The Labute approximate surface area is 164 Å². The molecule has 0 atom stereocenters. The second kappa shape index (κ2) is 9.00. The molecule has 0 unspecified atom stereocenters. The molecule has 3 rings (SSSR count). The summed E-state index contributed by atoms with van der Waals surface area (Å²) >= 11 is 7.81. The van der Waals surface area contributed by atoms with Crippen molar-refractivity contribution in [1.29, 1.82) is 0 Å². The largest absolute Gasteiger partial charge is 0.335 e. The van der Waals surface area contributed by atoms with Crippen molar-refractivity contribution >= 4 is 35.3 Å². The molecule has 2 aliphatic rings. The van der Waals surface area contributed by atoms with Crippen molar-refractivity contribution in [2.75, 3.05) is 32.4 Å². The van der Waals surface area contributed by atoms with E-state index in [0.29, 0.717) is 42.8 Å². The highest BCUT2D eigenvalue weighted by atomic mass is 35.5. The quantitative estimate of drug-likeness (QED) is 0.790. The van der Waals surface area contributed by atoms with Crippen molar-refractivity contribution in [3.05, 3.63) is 28.8 Å². The van der Waals surface area contributed by atoms with E-state index in [4.69, 9.17) is 11.6 Å². The number of amides is 3. The Kier molecular flexibility index (Phi) is 6.70. The third-order valence-electron chi connectivity index (χ3n) is 5.19. The van der Waals surface area contributed by atoms with E-state index in [1.807, 2.05) is 23.3 Å². The van der Waals surface area contributed by atoms with Crippen LogP contribution >= 0.6 is 23.4 Å². The average Bonchev–Trinajstić information content (AvgIpc) is 2.69. The number of hydrogen-bond acceptors (Lipinski definition) is 3. The van der Waals surface area contributed by atoms with Crippen LogP contribution in [-0.2, 0) is 0 Å². The molecule has 1 heterocycles. The van der Waals surface area contributed by atoms with Gasteiger partial charge in [-0.3, -0.25) is 4.79 Å². The lowest BCUT2D eigenvalue weighted by molar-refractivity contribution is 0.0662. The summed E-state index contributed by atoms with van der Waals surface area (Å²) in [7, 11) is 0. The Morgan fingerprint density at radius 2 is 1.73 bits per heavy atom. The molecule has 1 aromatic rings. The first kappa shape index (κ1) is 19.4. The molecule has 1 saturated carbocycles. The lowest BCUT2D eigenvalue weighted by Crippen LogP contribution is -2.54. The van der Waals surface area contributed by atoms with E-state index in [1.165, 1.54) is 19.3 Å². The van der Waals surface area contributed by atoms with Crippen molar-refractivity contribution in [3.63, 3.8) is 0 Å². The highest BCUT2D eigenvalue weighted by molar-refractivity contribution is 7.98. The van der Waals surface area contributed by atoms with Gasteiger partial charge in [0.05, 0.1) is 10.6 Å². The number of rotatable bonds is 3. The van der Waals surface area contributed by atoms with Crippen LogP contribution in [0.15, 0.2) is 23.1 Å². The summed E-state index contributed by atoms with van der Waals surface area (Å²) in [5, 5.41) is 3.63. The Hall–Kier alpha value is -1.40. The fraction of sp³-hybridized carbons (Fsp3) is 0.579. The minimum absolute atomic E-state index is 0.00594. The Morgan fingerprint density at radius 1 is 1.08 bits per heavy atom. The Balaban J connectivity index is 1.54. The second-order valence-corrected chi connectivity index (χ2v) is 8.20. The summed E-state index contributed by atoms with van der Waals surface area (Å²) in [5.41, 5.74) is 0.540. The monoisotopic (exact) mass is 395 g/mol. The number of urea groups is 1. The number of carbonyl (C=O) groups is 2. The van der Waals surface area contributed by atoms with Gasteiger partial charge in [0, 0.05) is 37.1 Å². The van der Waals surface area contributed by atoms with Crippen LogP contribution in [-0.4, -0.2) is 60.2 Å². The topological polar surface area (TPSA) is 52.7 Å². The fourth-order valence-corrected chi connectivity index (χ4v) is 4.23. The van der Waals surface area contributed by atoms with E-state index < -0.39 is 0 Å². The highest BCUT2D eigenvalue weighted by Gasteiger charge is 2.27. The molecule has 3 amide bonds. The van der Waals surface area contributed by atoms with Crippen LogP contribution in [0.25, 0.3) is 0 Å². The molecule has 0 spiro atoms. The zero-order valence-electron chi connectivity index (χ0n) is 15.2. The zero-order valence-corrected chi connectivity index (χ0v) is 16.7. The minimum atomic E-state index is -0.0572. The molecule has 142 valence electrons. The molecule has 1 saturated heterocycles. The van der Waals surface area contributed by atoms with Crippen LogP contribution in [0.3, 0.4) is 0 Å². The van der Waals surface area contributed by atoms with Crippen LogP contribution < -0.4 is 5.32 Å². The highest BCUT2D eigenvalue weighted by Crippen LogP contribution is 2.25. The summed E-state index contributed by atoms with van der Waals surface area (Å²) in [5.74, 6) is -0.0572. The molecule has 1 N–H and O–H groups in total. The number of nitrogens with one attached hydrogen (secondary N) is 1. The molecule has 1 aliphatic carbocycles. The van der Waals surface area contributed by atoms with E-state index in [2.05, 4.69) is 5.32 Å². The minimum Gasteiger partial charge on any atom is -0.335 e. The van der Waals surface area contributed by atoms with Gasteiger partial charge in [-0.25, -0.2) is 4.79 Å². The number of piperazine rings is 1. The van der Waals surface area contributed by atoms with Gasteiger partial charge in [0.1, 0.15) is 0 Å². The molecular weight excluding hydrogens is 370 g/mol. The van der Waals surface area contributed by atoms with Crippen molar-refractivity contribution in [1.82, 2.24) is 15.1 Å². The first-order chi connectivity index (χ1) is 12.6. The van der Waals surface area contributed by atoms with E-state index in [9.17, 15) is 9.59 Å². The van der Waals surface area contributed by atoms with Crippen molar-refractivity contribution in [3.8, 4) is 0 Å². The van der Waals surface area contributed by atoms with E-state index >= 15 is 0 Å².